The number of ketones is 1. The Bertz CT molecular complexity index is 1320. The highest BCUT2D eigenvalue weighted by atomic mass is 32.1. The van der Waals surface area contributed by atoms with Crippen molar-refractivity contribution in [3.05, 3.63) is 75.7 Å². The first-order valence-electron chi connectivity index (χ1n) is 12.8. The molecule has 2 aliphatic rings. The van der Waals surface area contributed by atoms with Gasteiger partial charge in [-0.25, -0.2) is 4.39 Å². The molecule has 38 heavy (non-hydrogen) atoms. The Morgan fingerprint density at radius 1 is 1.05 bits per heavy atom. The quantitative estimate of drug-likeness (QED) is 0.380. The summed E-state index contributed by atoms with van der Waals surface area (Å²) in [6, 6.07) is 11.2. The van der Waals surface area contributed by atoms with Crippen molar-refractivity contribution in [1.82, 2.24) is 5.32 Å². The summed E-state index contributed by atoms with van der Waals surface area (Å²) < 4.78 is 25.0. The monoisotopic (exact) mass is 536 g/mol. The molecule has 5 rings (SSSR count). The number of Topliss-reactive ketones (excluding diaryl/α,β-unsaturated/α-hetero) is 1. The van der Waals surface area contributed by atoms with Crippen LogP contribution in [0.1, 0.15) is 65.9 Å². The maximum absolute atomic E-state index is 14.1. The van der Waals surface area contributed by atoms with Gasteiger partial charge in [0.15, 0.2) is 17.3 Å². The molecular formula is C29H29FN2O5S. The molecular weight excluding hydrogens is 507 g/mol. The Balaban J connectivity index is 1.64. The number of benzene rings is 2. The molecule has 1 atom stereocenters. The zero-order valence-electron chi connectivity index (χ0n) is 21.1. The molecule has 3 aromatic rings. The molecule has 2 amide bonds. The van der Waals surface area contributed by atoms with E-state index in [0.717, 1.165) is 37.0 Å². The highest BCUT2D eigenvalue weighted by Gasteiger charge is 2.37. The molecule has 2 aromatic carbocycles. The van der Waals surface area contributed by atoms with Crippen LogP contribution in [-0.2, 0) is 16.0 Å². The highest BCUT2D eigenvalue weighted by Crippen LogP contribution is 2.41. The van der Waals surface area contributed by atoms with Crippen molar-refractivity contribution in [2.45, 2.75) is 57.5 Å². The number of nitrogens with zero attached hydrogens (tertiary/aromatic N) is 1. The molecule has 7 nitrogen and oxygen atoms in total. The molecule has 198 valence electrons. The van der Waals surface area contributed by atoms with Crippen molar-refractivity contribution < 1.29 is 28.2 Å². The Morgan fingerprint density at radius 2 is 1.76 bits per heavy atom. The standard InChI is InChI=1S/C29H29FN2O5S/c1-18(33)23-15-25-26(37-17-36-25)16-24(23)32(27(34)14-22-8-5-13-38-22)28(19-9-11-20(30)12-10-19)29(35)31-21-6-3-2-4-7-21/h5,8-13,15-16,21,28H,2-4,6-7,14,17H2,1H3,(H,31,35). The number of carbonyl (C=O) groups is 3. The fourth-order valence-corrected chi connectivity index (χ4v) is 5.76. The van der Waals surface area contributed by atoms with Gasteiger partial charge in [0.2, 0.25) is 18.6 Å². The Kier molecular flexibility index (Phi) is 7.74. The highest BCUT2D eigenvalue weighted by molar-refractivity contribution is 7.10. The van der Waals surface area contributed by atoms with Gasteiger partial charge < -0.3 is 14.8 Å². The predicted molar refractivity (Wildman–Crippen MR) is 142 cm³/mol. The molecule has 1 unspecified atom stereocenters. The number of fused-ring (bicyclic) bond motifs is 1. The second-order valence-corrected chi connectivity index (χ2v) is 10.6. The summed E-state index contributed by atoms with van der Waals surface area (Å²) in [7, 11) is 0. The second kappa shape index (κ2) is 11.3. The molecule has 1 fully saturated rings. The van der Waals surface area contributed by atoms with E-state index in [1.165, 1.54) is 47.4 Å². The zero-order chi connectivity index (χ0) is 26.6. The summed E-state index contributed by atoms with van der Waals surface area (Å²) in [4.78, 5) is 43.1. The molecule has 0 spiro atoms. The van der Waals surface area contributed by atoms with Crippen LogP contribution in [0.2, 0.25) is 0 Å². The van der Waals surface area contributed by atoms with E-state index in [2.05, 4.69) is 5.32 Å². The lowest BCUT2D eigenvalue weighted by atomic mass is 9.94. The van der Waals surface area contributed by atoms with Crippen LogP contribution in [0.15, 0.2) is 53.9 Å². The smallest absolute Gasteiger partial charge is 0.248 e. The molecule has 2 heterocycles. The normalized spacial score (nSPS) is 15.6. The number of halogens is 1. The van der Waals surface area contributed by atoms with Gasteiger partial charge in [-0.3, -0.25) is 19.3 Å². The van der Waals surface area contributed by atoms with Gasteiger partial charge in [-0.2, -0.15) is 0 Å². The van der Waals surface area contributed by atoms with Gasteiger partial charge in [-0.15, -0.1) is 11.3 Å². The molecule has 1 aliphatic heterocycles. The van der Waals surface area contributed by atoms with E-state index in [-0.39, 0.29) is 48.1 Å². The van der Waals surface area contributed by atoms with Gasteiger partial charge in [-0.05, 0) is 55.0 Å². The Hall–Kier alpha value is -3.72. The molecule has 1 aliphatic carbocycles. The average Bonchev–Trinajstić information content (AvgIpc) is 3.59. The summed E-state index contributed by atoms with van der Waals surface area (Å²) in [5, 5.41) is 5.01. The number of carbonyl (C=O) groups excluding carboxylic acids is 3. The molecule has 1 aromatic heterocycles. The first-order valence-corrected chi connectivity index (χ1v) is 13.6. The van der Waals surface area contributed by atoms with Crippen molar-refractivity contribution in [1.29, 1.82) is 0 Å². The van der Waals surface area contributed by atoms with Crippen LogP contribution in [-0.4, -0.2) is 30.4 Å². The van der Waals surface area contributed by atoms with Crippen LogP contribution in [0.5, 0.6) is 11.5 Å². The minimum absolute atomic E-state index is 0.0111. The predicted octanol–water partition coefficient (Wildman–Crippen LogP) is 5.58. The largest absolute Gasteiger partial charge is 0.454 e. The fourth-order valence-electron chi connectivity index (χ4n) is 5.07. The van der Waals surface area contributed by atoms with Crippen molar-refractivity contribution in [2.24, 2.45) is 0 Å². The minimum atomic E-state index is -1.14. The second-order valence-electron chi connectivity index (χ2n) is 9.60. The van der Waals surface area contributed by atoms with Gasteiger partial charge in [0, 0.05) is 22.5 Å². The van der Waals surface area contributed by atoms with Crippen LogP contribution in [0.3, 0.4) is 0 Å². The summed E-state index contributed by atoms with van der Waals surface area (Å²) >= 11 is 1.43. The van der Waals surface area contributed by atoms with Crippen LogP contribution in [0.25, 0.3) is 0 Å². The number of ether oxygens (including phenoxy) is 2. The first-order chi connectivity index (χ1) is 18.4. The van der Waals surface area contributed by atoms with Gasteiger partial charge in [0.05, 0.1) is 12.1 Å². The molecule has 1 saturated carbocycles. The zero-order valence-corrected chi connectivity index (χ0v) is 21.9. The van der Waals surface area contributed by atoms with Crippen LogP contribution >= 0.6 is 11.3 Å². The topological polar surface area (TPSA) is 84.9 Å². The fraction of sp³-hybridized carbons (Fsp3) is 0.345. The molecule has 0 saturated heterocycles. The lowest BCUT2D eigenvalue weighted by Gasteiger charge is -2.34. The van der Waals surface area contributed by atoms with E-state index in [1.807, 2.05) is 17.5 Å². The third-order valence-corrected chi connectivity index (χ3v) is 7.82. The maximum atomic E-state index is 14.1. The van der Waals surface area contributed by atoms with E-state index in [1.54, 1.807) is 12.1 Å². The van der Waals surface area contributed by atoms with Gasteiger partial charge in [0.25, 0.3) is 0 Å². The first kappa shape index (κ1) is 25.9. The van der Waals surface area contributed by atoms with E-state index < -0.39 is 11.9 Å². The third kappa shape index (κ3) is 5.57. The lowest BCUT2D eigenvalue weighted by molar-refractivity contribution is -0.127. The van der Waals surface area contributed by atoms with Gasteiger partial charge in [-0.1, -0.05) is 37.5 Å². The summed E-state index contributed by atoms with van der Waals surface area (Å²) in [5.74, 6) is -0.724. The number of rotatable bonds is 8. The van der Waals surface area contributed by atoms with E-state index in [4.69, 9.17) is 9.47 Å². The van der Waals surface area contributed by atoms with E-state index in [0.29, 0.717) is 17.1 Å². The van der Waals surface area contributed by atoms with Crippen molar-refractivity contribution in [3.8, 4) is 11.5 Å². The number of thiophene rings is 1. The number of hydrogen-bond donors (Lipinski definition) is 1. The van der Waals surface area contributed by atoms with E-state index in [9.17, 15) is 18.8 Å². The van der Waals surface area contributed by atoms with Crippen molar-refractivity contribution in [3.63, 3.8) is 0 Å². The lowest BCUT2D eigenvalue weighted by Crippen LogP contribution is -2.48. The van der Waals surface area contributed by atoms with Gasteiger partial charge >= 0.3 is 0 Å². The SMILES string of the molecule is CC(=O)c1cc2c(cc1N(C(=O)Cc1cccs1)C(C(=O)NC1CCCCC1)c1ccc(F)cc1)OCO2. The van der Waals surface area contributed by atoms with E-state index >= 15 is 0 Å². The number of hydrogen-bond acceptors (Lipinski definition) is 6. The van der Waals surface area contributed by atoms with Crippen LogP contribution in [0.4, 0.5) is 10.1 Å². The summed E-state index contributed by atoms with van der Waals surface area (Å²) in [5.41, 5.74) is 0.911. The maximum Gasteiger partial charge on any atom is 0.248 e. The number of nitrogens with one attached hydrogen (secondary N) is 1. The minimum Gasteiger partial charge on any atom is -0.454 e. The van der Waals surface area contributed by atoms with Crippen LogP contribution in [0, 0.1) is 5.82 Å². The Labute approximate surface area is 224 Å². The molecule has 9 heteroatoms. The molecule has 1 N–H and O–H groups in total. The Morgan fingerprint density at radius 3 is 2.42 bits per heavy atom. The van der Waals surface area contributed by atoms with Crippen LogP contribution < -0.4 is 19.7 Å². The number of amides is 2. The molecule has 0 bridgehead atoms. The average molecular weight is 537 g/mol. The summed E-state index contributed by atoms with van der Waals surface area (Å²) in [6.45, 7) is 1.39. The van der Waals surface area contributed by atoms with Crippen molar-refractivity contribution >= 4 is 34.6 Å². The van der Waals surface area contributed by atoms with Gasteiger partial charge in [0.1, 0.15) is 11.9 Å². The molecule has 0 radical (unpaired) electrons. The number of anilines is 1. The third-order valence-electron chi connectivity index (χ3n) is 6.95. The van der Waals surface area contributed by atoms with Crippen molar-refractivity contribution in [2.75, 3.05) is 11.7 Å². The summed E-state index contributed by atoms with van der Waals surface area (Å²) in [6.07, 6.45) is 4.89.